The maximum Gasteiger partial charge on any atom is 0.314 e. The monoisotopic (exact) mass is 437 g/mol. The molecule has 0 bridgehead atoms. The number of urea groups is 1. The van der Waals surface area contributed by atoms with E-state index in [1.165, 1.54) is 25.9 Å². The van der Waals surface area contributed by atoms with Gasteiger partial charge < -0.3 is 21.3 Å². The second-order valence-corrected chi connectivity index (χ2v) is 8.58. The molecule has 0 saturated carbocycles. The third-order valence-corrected chi connectivity index (χ3v) is 6.05. The highest BCUT2D eigenvalue weighted by Crippen LogP contribution is 2.21. The summed E-state index contributed by atoms with van der Waals surface area (Å²) < 4.78 is 1.60. The quantitative estimate of drug-likeness (QED) is 0.495. The Hall–Kier alpha value is -3.05. The van der Waals surface area contributed by atoms with Crippen LogP contribution in [0.25, 0.3) is 5.69 Å². The fourth-order valence-electron chi connectivity index (χ4n) is 4.01. The van der Waals surface area contributed by atoms with Gasteiger partial charge in [-0.2, -0.15) is 10.4 Å². The molecule has 3 rings (SSSR count). The number of hydrogen-bond acceptors (Lipinski definition) is 5. The van der Waals surface area contributed by atoms with Crippen LogP contribution in [0.5, 0.6) is 0 Å². The number of para-hydroxylation sites is 1. The first-order chi connectivity index (χ1) is 15.6. The lowest BCUT2D eigenvalue weighted by Crippen LogP contribution is -2.37. The summed E-state index contributed by atoms with van der Waals surface area (Å²) in [6.45, 7) is 7.06. The summed E-state index contributed by atoms with van der Waals surface area (Å²) in [5.41, 5.74) is 8.01. The Labute approximate surface area is 190 Å². The minimum Gasteiger partial charge on any atom is -0.382 e. The second kappa shape index (κ2) is 12.1. The van der Waals surface area contributed by atoms with Crippen molar-refractivity contribution in [2.24, 2.45) is 5.92 Å². The number of nitrogens with two attached hydrogens (primary N) is 1. The molecule has 8 nitrogen and oxygen atoms in total. The van der Waals surface area contributed by atoms with Crippen LogP contribution in [-0.4, -0.2) is 53.4 Å². The number of nitriles is 1. The van der Waals surface area contributed by atoms with Gasteiger partial charge in [-0.15, -0.1) is 0 Å². The SMILES string of the molecule is CC1CCN(CCCCNC(=O)NCCCc2nn(-c3ccccc3)c(N)c2C#N)CC1. The van der Waals surface area contributed by atoms with Crippen LogP contribution in [0, 0.1) is 17.2 Å². The molecule has 0 radical (unpaired) electrons. The number of benzene rings is 1. The molecule has 0 spiro atoms. The summed E-state index contributed by atoms with van der Waals surface area (Å²) in [7, 11) is 0. The molecule has 0 atom stereocenters. The number of hydrogen-bond donors (Lipinski definition) is 3. The van der Waals surface area contributed by atoms with Gasteiger partial charge >= 0.3 is 6.03 Å². The third-order valence-electron chi connectivity index (χ3n) is 6.05. The van der Waals surface area contributed by atoms with Crippen molar-refractivity contribution in [3.63, 3.8) is 0 Å². The number of nitrogen functional groups attached to an aromatic ring is 1. The highest BCUT2D eigenvalue weighted by atomic mass is 16.2. The second-order valence-electron chi connectivity index (χ2n) is 8.58. The van der Waals surface area contributed by atoms with Crippen LogP contribution in [0.4, 0.5) is 10.6 Å². The number of nitrogens with zero attached hydrogens (tertiary/aromatic N) is 4. The fourth-order valence-corrected chi connectivity index (χ4v) is 4.01. The van der Waals surface area contributed by atoms with Gasteiger partial charge in [-0.3, -0.25) is 0 Å². The average Bonchev–Trinajstić information content (AvgIpc) is 3.13. The Kier molecular flexibility index (Phi) is 8.93. The number of unbranched alkanes of at least 4 members (excludes halogenated alkanes) is 1. The number of aromatic nitrogens is 2. The standard InChI is InChI=1S/C24H35N7O/c1-19-11-16-30(17-12-19)15-6-5-13-27-24(32)28-14-7-10-22-21(18-25)23(26)31(29-22)20-8-3-2-4-9-20/h2-4,8-9,19H,5-7,10-17,26H2,1H3,(H2,27,28,32). The molecule has 8 heteroatoms. The number of likely N-dealkylation sites (tertiary alicyclic amines) is 1. The molecule has 1 saturated heterocycles. The first-order valence-electron chi connectivity index (χ1n) is 11.7. The predicted octanol–water partition coefficient (Wildman–Crippen LogP) is 3.07. The maximum absolute atomic E-state index is 12.0. The van der Waals surface area contributed by atoms with Gasteiger partial charge in [-0.1, -0.05) is 25.1 Å². The van der Waals surface area contributed by atoms with Crippen molar-refractivity contribution in [2.45, 2.75) is 45.4 Å². The summed E-state index contributed by atoms with van der Waals surface area (Å²) in [4.78, 5) is 14.5. The van der Waals surface area contributed by atoms with Crippen LogP contribution in [0.3, 0.4) is 0 Å². The molecule has 0 aliphatic carbocycles. The first kappa shape index (κ1) is 23.6. The maximum atomic E-state index is 12.0. The Morgan fingerprint density at radius 3 is 2.53 bits per heavy atom. The largest absolute Gasteiger partial charge is 0.382 e. The van der Waals surface area contributed by atoms with Gasteiger partial charge in [0.1, 0.15) is 17.5 Å². The van der Waals surface area contributed by atoms with E-state index >= 15 is 0 Å². The van der Waals surface area contributed by atoms with Gasteiger partial charge in [0.25, 0.3) is 0 Å². The number of rotatable bonds is 10. The van der Waals surface area contributed by atoms with E-state index in [1.807, 2.05) is 30.3 Å². The number of amides is 2. The molecule has 2 heterocycles. The first-order valence-corrected chi connectivity index (χ1v) is 11.7. The topological polar surface area (TPSA) is 112 Å². The number of aryl methyl sites for hydroxylation is 1. The molecule has 1 fully saturated rings. The van der Waals surface area contributed by atoms with E-state index in [1.54, 1.807) is 4.68 Å². The van der Waals surface area contributed by atoms with Gasteiger partial charge in [0.2, 0.25) is 0 Å². The predicted molar refractivity (Wildman–Crippen MR) is 126 cm³/mol. The highest BCUT2D eigenvalue weighted by molar-refractivity contribution is 5.73. The highest BCUT2D eigenvalue weighted by Gasteiger charge is 2.16. The molecule has 4 N–H and O–H groups in total. The van der Waals surface area contributed by atoms with Crippen molar-refractivity contribution in [3.05, 3.63) is 41.6 Å². The van der Waals surface area contributed by atoms with E-state index in [9.17, 15) is 10.1 Å². The lowest BCUT2D eigenvalue weighted by molar-refractivity contribution is 0.189. The molecule has 32 heavy (non-hydrogen) atoms. The zero-order chi connectivity index (χ0) is 22.8. The summed E-state index contributed by atoms with van der Waals surface area (Å²) in [5, 5.41) is 19.8. The van der Waals surface area contributed by atoms with Gasteiger partial charge in [0.15, 0.2) is 0 Å². The number of carbonyl (C=O) groups excluding carboxylic acids is 1. The van der Waals surface area contributed by atoms with E-state index in [-0.39, 0.29) is 6.03 Å². The molecule has 1 aromatic heterocycles. The van der Waals surface area contributed by atoms with Crippen LogP contribution in [0.2, 0.25) is 0 Å². The summed E-state index contributed by atoms with van der Waals surface area (Å²) >= 11 is 0. The van der Waals surface area contributed by atoms with E-state index in [0.717, 1.165) is 31.0 Å². The molecular weight excluding hydrogens is 402 g/mol. The van der Waals surface area contributed by atoms with Crippen molar-refractivity contribution >= 4 is 11.8 Å². The minimum absolute atomic E-state index is 0.147. The zero-order valence-corrected chi connectivity index (χ0v) is 19.0. The van der Waals surface area contributed by atoms with E-state index in [4.69, 9.17) is 5.73 Å². The van der Waals surface area contributed by atoms with Crippen LogP contribution in [0.15, 0.2) is 30.3 Å². The van der Waals surface area contributed by atoms with Crippen molar-refractivity contribution in [2.75, 3.05) is 38.5 Å². The van der Waals surface area contributed by atoms with Gasteiger partial charge in [-0.05, 0) is 76.2 Å². The molecule has 2 amide bonds. The summed E-state index contributed by atoms with van der Waals surface area (Å²) in [6.07, 6.45) is 5.95. The van der Waals surface area contributed by atoms with Gasteiger partial charge in [-0.25, -0.2) is 9.48 Å². The van der Waals surface area contributed by atoms with Crippen LogP contribution in [0.1, 0.15) is 50.3 Å². The van der Waals surface area contributed by atoms with Crippen molar-refractivity contribution < 1.29 is 4.79 Å². The lowest BCUT2D eigenvalue weighted by Gasteiger charge is -2.30. The Balaban J connectivity index is 1.32. The summed E-state index contributed by atoms with van der Waals surface area (Å²) in [5.74, 6) is 1.21. The van der Waals surface area contributed by atoms with Gasteiger partial charge in [0, 0.05) is 13.1 Å². The van der Waals surface area contributed by atoms with E-state index in [2.05, 4.69) is 33.6 Å². The Bertz CT molecular complexity index is 895. The van der Waals surface area contributed by atoms with E-state index < -0.39 is 0 Å². The van der Waals surface area contributed by atoms with Crippen molar-refractivity contribution in [1.29, 1.82) is 5.26 Å². The number of piperidine rings is 1. The molecule has 1 aromatic carbocycles. The number of carbonyl (C=O) groups is 1. The minimum atomic E-state index is -0.147. The van der Waals surface area contributed by atoms with Gasteiger partial charge in [0.05, 0.1) is 11.4 Å². The zero-order valence-electron chi connectivity index (χ0n) is 19.0. The molecule has 1 aliphatic heterocycles. The Morgan fingerprint density at radius 2 is 1.84 bits per heavy atom. The molecule has 1 aliphatic rings. The van der Waals surface area contributed by atoms with Crippen LogP contribution in [-0.2, 0) is 6.42 Å². The fraction of sp³-hybridized carbons (Fsp3) is 0.542. The molecule has 172 valence electrons. The lowest BCUT2D eigenvalue weighted by atomic mass is 9.99. The van der Waals surface area contributed by atoms with E-state index in [0.29, 0.717) is 43.0 Å². The molecule has 2 aromatic rings. The molecule has 0 unspecified atom stereocenters. The average molecular weight is 438 g/mol. The van der Waals surface area contributed by atoms with Crippen molar-refractivity contribution in [1.82, 2.24) is 25.3 Å². The smallest absolute Gasteiger partial charge is 0.314 e. The number of nitrogens with one attached hydrogen (secondary N) is 2. The molecular formula is C24H35N7O. The normalized spacial score (nSPS) is 14.8. The summed E-state index contributed by atoms with van der Waals surface area (Å²) in [6, 6.07) is 11.5. The number of anilines is 1. The van der Waals surface area contributed by atoms with Crippen LogP contribution < -0.4 is 16.4 Å². The van der Waals surface area contributed by atoms with Crippen molar-refractivity contribution in [3.8, 4) is 11.8 Å². The Morgan fingerprint density at radius 1 is 1.16 bits per heavy atom. The third kappa shape index (κ3) is 6.72. The van der Waals surface area contributed by atoms with Crippen LogP contribution >= 0.6 is 0 Å².